The summed E-state index contributed by atoms with van der Waals surface area (Å²) in [7, 11) is 0. The molecule has 0 bridgehead atoms. The van der Waals surface area contributed by atoms with E-state index in [1.807, 2.05) is 45.0 Å². The Morgan fingerprint density at radius 3 is 2.32 bits per heavy atom. The molecule has 0 unspecified atom stereocenters. The number of hydrogen-bond acceptors (Lipinski definition) is 4. The van der Waals surface area contributed by atoms with Gasteiger partial charge in [0.1, 0.15) is 0 Å². The normalized spacial score (nSPS) is 9.89. The maximum absolute atomic E-state index is 5.56. The van der Waals surface area contributed by atoms with Gasteiger partial charge in [-0.2, -0.15) is 4.98 Å². The van der Waals surface area contributed by atoms with E-state index in [0.717, 1.165) is 16.7 Å². The average molecular weight is 280 g/mol. The molecule has 0 saturated heterocycles. The number of aromatic nitrogens is 2. The van der Waals surface area contributed by atoms with Crippen LogP contribution in [0.15, 0.2) is 34.4 Å². The Balaban J connectivity index is 0.00000180. The van der Waals surface area contributed by atoms with Crippen molar-refractivity contribution in [3.05, 3.63) is 41.3 Å². The summed E-state index contributed by atoms with van der Waals surface area (Å²) in [4.78, 5) is 4.39. The van der Waals surface area contributed by atoms with Crippen LogP contribution in [0.2, 0.25) is 0 Å². The third-order valence-electron chi connectivity index (χ3n) is 2.94. The van der Waals surface area contributed by atoms with Crippen LogP contribution in [0.1, 0.15) is 32.2 Å². The van der Waals surface area contributed by atoms with Gasteiger partial charge in [0, 0.05) is 17.7 Å². The van der Waals surface area contributed by atoms with Gasteiger partial charge in [-0.15, -0.1) is 12.4 Å². The molecule has 1 heterocycles. The number of hydrogen-bond donors (Lipinski definition) is 1. The highest BCUT2D eigenvalue weighted by Gasteiger charge is 2.10. The molecule has 0 atom stereocenters. The van der Waals surface area contributed by atoms with Crippen molar-refractivity contribution >= 4 is 18.0 Å². The molecule has 0 spiro atoms. The second-order valence-corrected chi connectivity index (χ2v) is 4.45. The molecule has 2 rings (SSSR count). The third kappa shape index (κ3) is 3.43. The zero-order chi connectivity index (χ0) is 13.1. The molecule has 19 heavy (non-hydrogen) atoms. The molecule has 1 aromatic heterocycles. The highest BCUT2D eigenvalue weighted by atomic mass is 35.5. The topological polar surface area (TPSA) is 64.9 Å². The summed E-state index contributed by atoms with van der Waals surface area (Å²) in [6.45, 7) is 6.56. The first kappa shape index (κ1) is 15.4. The van der Waals surface area contributed by atoms with Crippen LogP contribution in [0.4, 0.5) is 0 Å². The maximum atomic E-state index is 5.56. The predicted octanol–water partition coefficient (Wildman–Crippen LogP) is 3.43. The van der Waals surface area contributed by atoms with Crippen molar-refractivity contribution in [2.75, 3.05) is 0 Å². The molecule has 0 radical (unpaired) electrons. The summed E-state index contributed by atoms with van der Waals surface area (Å²) >= 11 is 0. The molecule has 0 aliphatic carbocycles. The van der Waals surface area contributed by atoms with Crippen LogP contribution < -0.4 is 5.73 Å². The van der Waals surface area contributed by atoms with Crippen molar-refractivity contribution in [1.82, 2.24) is 10.1 Å². The number of allylic oxidation sites excluding steroid dienone is 2. The Hall–Kier alpha value is -1.65. The molecular formula is C14H18ClN3O. The Kier molecular flexibility index (Phi) is 5.27. The van der Waals surface area contributed by atoms with Gasteiger partial charge in [0.05, 0.1) is 0 Å². The lowest BCUT2D eigenvalue weighted by atomic mass is 10.1. The molecule has 2 N–H and O–H groups in total. The van der Waals surface area contributed by atoms with Crippen LogP contribution in [-0.4, -0.2) is 10.1 Å². The molecule has 102 valence electrons. The van der Waals surface area contributed by atoms with E-state index in [0.29, 0.717) is 18.3 Å². The third-order valence-corrected chi connectivity index (χ3v) is 2.94. The molecule has 0 fully saturated rings. The minimum Gasteiger partial charge on any atom is -0.334 e. The van der Waals surface area contributed by atoms with Gasteiger partial charge in [0.2, 0.25) is 5.82 Å². The van der Waals surface area contributed by atoms with E-state index in [-0.39, 0.29) is 12.4 Å². The van der Waals surface area contributed by atoms with Gasteiger partial charge in [-0.3, -0.25) is 0 Å². The summed E-state index contributed by atoms with van der Waals surface area (Å²) < 4.78 is 5.26. The van der Waals surface area contributed by atoms with Crippen molar-refractivity contribution in [2.45, 2.75) is 27.3 Å². The van der Waals surface area contributed by atoms with E-state index < -0.39 is 0 Å². The molecule has 1 aromatic carbocycles. The fraction of sp³-hybridized carbons (Fsp3) is 0.286. The summed E-state index contributed by atoms with van der Waals surface area (Å²) in [5.41, 5.74) is 9.77. The summed E-state index contributed by atoms with van der Waals surface area (Å²) in [5, 5.41) is 3.99. The van der Waals surface area contributed by atoms with Gasteiger partial charge < -0.3 is 10.3 Å². The summed E-state index contributed by atoms with van der Waals surface area (Å²) in [6.07, 6.45) is 0. The first-order valence-corrected chi connectivity index (χ1v) is 5.89. The molecule has 0 saturated carbocycles. The molecule has 4 nitrogen and oxygen atoms in total. The lowest BCUT2D eigenvalue weighted by Crippen LogP contribution is -1.95. The Bertz CT molecular complexity index is 569. The first-order valence-electron chi connectivity index (χ1n) is 5.89. The molecule has 5 heteroatoms. The Morgan fingerprint density at radius 1 is 1.16 bits per heavy atom. The van der Waals surface area contributed by atoms with Crippen molar-refractivity contribution in [3.8, 4) is 11.4 Å². The smallest absolute Gasteiger partial charge is 0.253 e. The fourth-order valence-corrected chi connectivity index (χ4v) is 1.50. The van der Waals surface area contributed by atoms with Crippen LogP contribution in [0.3, 0.4) is 0 Å². The van der Waals surface area contributed by atoms with E-state index in [9.17, 15) is 0 Å². The minimum atomic E-state index is 0. The molecule has 2 aromatic rings. The van der Waals surface area contributed by atoms with E-state index in [4.69, 9.17) is 10.3 Å². The standard InChI is InChI=1S/C14H17N3O.ClH/c1-9(2)10(3)14-16-13(17-18-14)12-6-4-11(8-15)5-7-12;/h4-7H,8,15H2,1-3H3;1H. The quantitative estimate of drug-likeness (QED) is 0.935. The number of rotatable bonds is 3. The lowest BCUT2D eigenvalue weighted by Gasteiger charge is -1.97. The van der Waals surface area contributed by atoms with Gasteiger partial charge in [-0.25, -0.2) is 0 Å². The van der Waals surface area contributed by atoms with Crippen molar-refractivity contribution in [2.24, 2.45) is 5.73 Å². The predicted molar refractivity (Wildman–Crippen MR) is 78.8 cm³/mol. The van der Waals surface area contributed by atoms with E-state index in [2.05, 4.69) is 10.1 Å². The average Bonchev–Trinajstić information content (AvgIpc) is 2.87. The lowest BCUT2D eigenvalue weighted by molar-refractivity contribution is 0.408. The van der Waals surface area contributed by atoms with Gasteiger partial charge >= 0.3 is 0 Å². The van der Waals surface area contributed by atoms with Crippen LogP contribution in [-0.2, 0) is 6.54 Å². The number of nitrogens with two attached hydrogens (primary N) is 1. The van der Waals surface area contributed by atoms with Crippen molar-refractivity contribution < 1.29 is 4.52 Å². The van der Waals surface area contributed by atoms with Gasteiger partial charge in [-0.1, -0.05) is 35.0 Å². The van der Waals surface area contributed by atoms with Crippen molar-refractivity contribution in [1.29, 1.82) is 0 Å². The molecular weight excluding hydrogens is 262 g/mol. The number of nitrogens with zero attached hydrogens (tertiary/aromatic N) is 2. The SMILES string of the molecule is CC(C)=C(C)c1nc(-c2ccc(CN)cc2)no1.Cl. The Labute approximate surface area is 119 Å². The largest absolute Gasteiger partial charge is 0.334 e. The summed E-state index contributed by atoms with van der Waals surface area (Å²) in [6, 6.07) is 7.85. The summed E-state index contributed by atoms with van der Waals surface area (Å²) in [5.74, 6) is 1.18. The van der Waals surface area contributed by atoms with Crippen LogP contribution in [0.5, 0.6) is 0 Å². The maximum Gasteiger partial charge on any atom is 0.253 e. The first-order chi connectivity index (χ1) is 8.61. The zero-order valence-electron chi connectivity index (χ0n) is 11.3. The second-order valence-electron chi connectivity index (χ2n) is 4.45. The minimum absolute atomic E-state index is 0. The van der Waals surface area contributed by atoms with Gasteiger partial charge in [0.25, 0.3) is 5.89 Å². The monoisotopic (exact) mass is 279 g/mol. The molecule has 0 aliphatic rings. The second kappa shape index (κ2) is 6.50. The van der Waals surface area contributed by atoms with Gasteiger partial charge in [0.15, 0.2) is 0 Å². The highest BCUT2D eigenvalue weighted by Crippen LogP contribution is 2.21. The molecule has 0 aliphatic heterocycles. The Morgan fingerprint density at radius 2 is 1.79 bits per heavy atom. The van der Waals surface area contributed by atoms with Crippen LogP contribution in [0.25, 0.3) is 17.0 Å². The molecule has 0 amide bonds. The van der Waals surface area contributed by atoms with E-state index in [1.54, 1.807) is 0 Å². The van der Waals surface area contributed by atoms with Crippen LogP contribution >= 0.6 is 12.4 Å². The fourth-order valence-electron chi connectivity index (χ4n) is 1.50. The highest BCUT2D eigenvalue weighted by molar-refractivity contribution is 5.85. The number of benzene rings is 1. The van der Waals surface area contributed by atoms with Crippen LogP contribution in [0, 0.1) is 0 Å². The van der Waals surface area contributed by atoms with E-state index in [1.165, 1.54) is 5.57 Å². The van der Waals surface area contributed by atoms with Crippen molar-refractivity contribution in [3.63, 3.8) is 0 Å². The number of halogens is 1. The van der Waals surface area contributed by atoms with Gasteiger partial charge in [-0.05, 0) is 26.3 Å². The zero-order valence-corrected chi connectivity index (χ0v) is 12.1. The van der Waals surface area contributed by atoms with E-state index >= 15 is 0 Å².